The summed E-state index contributed by atoms with van der Waals surface area (Å²) in [6, 6.07) is 23.5. The molecule has 0 fully saturated rings. The summed E-state index contributed by atoms with van der Waals surface area (Å²) in [6.07, 6.45) is 2.17. The third-order valence-corrected chi connectivity index (χ3v) is 5.71. The fourth-order valence-electron chi connectivity index (χ4n) is 3.39. The van der Waals surface area contributed by atoms with Gasteiger partial charge in [-0.15, -0.1) is 0 Å². The number of rotatable bonds is 10. The molecule has 3 aromatic rings. The van der Waals surface area contributed by atoms with E-state index in [4.69, 9.17) is 9.47 Å². The molecule has 30 heavy (non-hydrogen) atoms. The lowest BCUT2D eigenvalue weighted by Gasteiger charge is -2.17. The molecule has 3 rings (SSSR count). The molecule has 0 aromatic heterocycles. The Kier molecular flexibility index (Phi) is 8.35. The largest absolute Gasteiger partial charge is 0.493 e. The highest BCUT2D eigenvalue weighted by atomic mass is 79.9. The second-order valence-electron chi connectivity index (χ2n) is 7.69. The lowest BCUT2D eigenvalue weighted by Crippen LogP contribution is -2.26. The van der Waals surface area contributed by atoms with E-state index in [2.05, 4.69) is 89.7 Å². The minimum Gasteiger partial charge on any atom is -0.493 e. The van der Waals surface area contributed by atoms with Gasteiger partial charge >= 0.3 is 0 Å². The van der Waals surface area contributed by atoms with Gasteiger partial charge in [0.1, 0.15) is 6.61 Å². The average Bonchev–Trinajstić information content (AvgIpc) is 2.76. The van der Waals surface area contributed by atoms with Crippen LogP contribution in [0.2, 0.25) is 0 Å². The van der Waals surface area contributed by atoms with Gasteiger partial charge < -0.3 is 14.8 Å². The maximum absolute atomic E-state index is 6.08. The zero-order chi connectivity index (χ0) is 21.3. The van der Waals surface area contributed by atoms with E-state index in [1.807, 2.05) is 12.1 Å². The molecule has 0 aliphatic carbocycles. The molecule has 0 bridgehead atoms. The first-order chi connectivity index (χ1) is 14.5. The van der Waals surface area contributed by atoms with Crippen molar-refractivity contribution in [3.8, 4) is 11.5 Å². The number of aryl methyl sites for hydroxylation is 2. The topological polar surface area (TPSA) is 30.5 Å². The fourth-order valence-corrected chi connectivity index (χ4v) is 4.00. The smallest absolute Gasteiger partial charge is 0.175 e. The number of hydrogen-bond acceptors (Lipinski definition) is 3. The van der Waals surface area contributed by atoms with Gasteiger partial charge in [-0.05, 0) is 71.4 Å². The Morgan fingerprint density at radius 2 is 1.70 bits per heavy atom. The van der Waals surface area contributed by atoms with Crippen LogP contribution in [0.5, 0.6) is 11.5 Å². The Balaban J connectivity index is 1.57. The minimum absolute atomic E-state index is 0.423. The van der Waals surface area contributed by atoms with Crippen molar-refractivity contribution in [1.82, 2.24) is 5.32 Å². The van der Waals surface area contributed by atoms with Crippen LogP contribution in [-0.4, -0.2) is 13.2 Å². The monoisotopic (exact) mass is 467 g/mol. The normalized spacial score (nSPS) is 11.9. The summed E-state index contributed by atoms with van der Waals surface area (Å²) < 4.78 is 12.6. The molecule has 0 radical (unpaired) electrons. The number of methoxy groups -OCH3 is 1. The van der Waals surface area contributed by atoms with Gasteiger partial charge in [-0.2, -0.15) is 0 Å². The first-order valence-electron chi connectivity index (χ1n) is 10.4. The van der Waals surface area contributed by atoms with E-state index in [1.54, 1.807) is 7.11 Å². The molecule has 0 aliphatic rings. The summed E-state index contributed by atoms with van der Waals surface area (Å²) in [6.45, 7) is 5.60. The van der Waals surface area contributed by atoms with Gasteiger partial charge in [0.2, 0.25) is 0 Å². The Hall–Kier alpha value is -2.30. The van der Waals surface area contributed by atoms with Gasteiger partial charge in [0.05, 0.1) is 11.6 Å². The molecule has 0 unspecified atom stereocenters. The predicted octanol–water partition coefficient (Wildman–Crippen LogP) is 6.46. The summed E-state index contributed by atoms with van der Waals surface area (Å²) in [7, 11) is 1.68. The summed E-state index contributed by atoms with van der Waals surface area (Å²) >= 11 is 3.66. The van der Waals surface area contributed by atoms with Crippen molar-refractivity contribution in [2.24, 2.45) is 0 Å². The molecule has 3 nitrogen and oxygen atoms in total. The molecule has 1 N–H and O–H groups in total. The van der Waals surface area contributed by atoms with E-state index in [-0.39, 0.29) is 0 Å². The standard InChI is InChI=1S/C26H30BrNO2/c1-19-8-7-11-22(14-19)18-30-26-24(27)15-23(16-25(26)29-3)17-28-20(2)12-13-21-9-5-4-6-10-21/h4-11,14-16,20,28H,12-13,17-18H2,1-3H3/t20-/m1/s1. The van der Waals surface area contributed by atoms with E-state index < -0.39 is 0 Å². The van der Waals surface area contributed by atoms with Crippen LogP contribution in [0.15, 0.2) is 71.2 Å². The lowest BCUT2D eigenvalue weighted by atomic mass is 10.1. The number of hydrogen-bond donors (Lipinski definition) is 1. The Morgan fingerprint density at radius 3 is 2.43 bits per heavy atom. The van der Waals surface area contributed by atoms with Gasteiger partial charge in [0, 0.05) is 12.6 Å². The van der Waals surface area contributed by atoms with Gasteiger partial charge in [-0.25, -0.2) is 0 Å². The molecule has 0 heterocycles. The van der Waals surface area contributed by atoms with Crippen LogP contribution >= 0.6 is 15.9 Å². The van der Waals surface area contributed by atoms with Crippen LogP contribution in [0.4, 0.5) is 0 Å². The molecular weight excluding hydrogens is 438 g/mol. The SMILES string of the molecule is COc1cc(CN[C@H](C)CCc2ccccc2)cc(Br)c1OCc1cccc(C)c1. The predicted molar refractivity (Wildman–Crippen MR) is 127 cm³/mol. The van der Waals surface area contributed by atoms with Gasteiger partial charge in [0.25, 0.3) is 0 Å². The van der Waals surface area contributed by atoms with Crippen molar-refractivity contribution in [1.29, 1.82) is 0 Å². The molecule has 0 amide bonds. The van der Waals surface area contributed by atoms with Crippen molar-refractivity contribution in [3.05, 3.63) is 93.5 Å². The van der Waals surface area contributed by atoms with Crippen molar-refractivity contribution in [2.75, 3.05) is 7.11 Å². The zero-order valence-corrected chi connectivity index (χ0v) is 19.5. The Labute approximate surface area is 188 Å². The maximum atomic E-state index is 6.08. The first kappa shape index (κ1) is 22.4. The third kappa shape index (κ3) is 6.61. The molecular formula is C26H30BrNO2. The van der Waals surface area contributed by atoms with Crippen LogP contribution in [0.1, 0.15) is 35.6 Å². The van der Waals surface area contributed by atoms with Crippen molar-refractivity contribution >= 4 is 15.9 Å². The molecule has 1 atom stereocenters. The Bertz CT molecular complexity index is 943. The van der Waals surface area contributed by atoms with Gasteiger partial charge in [-0.1, -0.05) is 60.2 Å². The summed E-state index contributed by atoms with van der Waals surface area (Å²) in [4.78, 5) is 0. The van der Waals surface area contributed by atoms with E-state index in [9.17, 15) is 0 Å². The van der Waals surface area contributed by atoms with E-state index >= 15 is 0 Å². The minimum atomic E-state index is 0.423. The summed E-state index contributed by atoms with van der Waals surface area (Å²) in [5.41, 5.74) is 4.91. The van der Waals surface area contributed by atoms with Crippen LogP contribution in [0.3, 0.4) is 0 Å². The maximum Gasteiger partial charge on any atom is 0.175 e. The second-order valence-corrected chi connectivity index (χ2v) is 8.55. The highest BCUT2D eigenvalue weighted by molar-refractivity contribution is 9.10. The zero-order valence-electron chi connectivity index (χ0n) is 18.0. The number of benzene rings is 3. The quantitative estimate of drug-likeness (QED) is 0.371. The summed E-state index contributed by atoms with van der Waals surface area (Å²) in [5, 5.41) is 3.61. The molecule has 158 valence electrons. The number of nitrogens with one attached hydrogen (secondary N) is 1. The number of ether oxygens (including phenoxy) is 2. The van der Waals surface area contributed by atoms with Gasteiger partial charge in [0.15, 0.2) is 11.5 Å². The van der Waals surface area contributed by atoms with Crippen LogP contribution in [0.25, 0.3) is 0 Å². The third-order valence-electron chi connectivity index (χ3n) is 5.12. The van der Waals surface area contributed by atoms with Crippen molar-refractivity contribution < 1.29 is 9.47 Å². The molecule has 3 aromatic carbocycles. The molecule has 0 aliphatic heterocycles. The Morgan fingerprint density at radius 1 is 0.933 bits per heavy atom. The number of halogens is 1. The average molecular weight is 468 g/mol. The van der Waals surface area contributed by atoms with Gasteiger partial charge in [-0.3, -0.25) is 0 Å². The van der Waals surface area contributed by atoms with E-state index in [1.165, 1.54) is 11.1 Å². The van der Waals surface area contributed by atoms with E-state index in [0.29, 0.717) is 12.6 Å². The van der Waals surface area contributed by atoms with E-state index in [0.717, 1.165) is 46.5 Å². The highest BCUT2D eigenvalue weighted by Gasteiger charge is 2.13. The second kappa shape index (κ2) is 11.2. The molecule has 0 spiro atoms. The fraction of sp³-hybridized carbons (Fsp3) is 0.308. The molecule has 0 saturated heterocycles. The van der Waals surface area contributed by atoms with Crippen LogP contribution in [0, 0.1) is 6.92 Å². The van der Waals surface area contributed by atoms with Crippen LogP contribution in [-0.2, 0) is 19.6 Å². The molecule has 0 saturated carbocycles. The summed E-state index contributed by atoms with van der Waals surface area (Å²) in [5.74, 6) is 1.48. The van der Waals surface area contributed by atoms with Crippen molar-refractivity contribution in [2.45, 2.75) is 45.9 Å². The van der Waals surface area contributed by atoms with Crippen molar-refractivity contribution in [3.63, 3.8) is 0 Å². The lowest BCUT2D eigenvalue weighted by molar-refractivity contribution is 0.282. The van der Waals surface area contributed by atoms with Crippen LogP contribution < -0.4 is 14.8 Å². The molecule has 4 heteroatoms. The first-order valence-corrected chi connectivity index (χ1v) is 11.2. The highest BCUT2D eigenvalue weighted by Crippen LogP contribution is 2.37.